The zero-order valence-electron chi connectivity index (χ0n) is 12.4. The molecule has 0 aromatic heterocycles. The number of halogens is 2. The summed E-state index contributed by atoms with van der Waals surface area (Å²) in [5.74, 6) is -2.29. The molecule has 22 heavy (non-hydrogen) atoms. The molecule has 1 saturated carbocycles. The van der Waals surface area contributed by atoms with Crippen LogP contribution in [-0.2, 0) is 16.0 Å². The van der Waals surface area contributed by atoms with E-state index in [4.69, 9.17) is 11.6 Å². The standard InChI is InChI=1S/C16H19ClFNO3/c1-10-5-2-3-8-16(10,15(21)22)19-14(20)9-11-12(17)6-4-7-13(11)18/h4,6-7,10H,2-3,5,8-9H2,1H3,(H,19,20)(H,21,22). The van der Waals surface area contributed by atoms with Crippen LogP contribution >= 0.6 is 11.6 Å². The Morgan fingerprint density at radius 1 is 1.45 bits per heavy atom. The molecule has 6 heteroatoms. The summed E-state index contributed by atoms with van der Waals surface area (Å²) >= 11 is 5.91. The number of carbonyl (C=O) groups is 2. The topological polar surface area (TPSA) is 66.4 Å². The number of hydrogen-bond acceptors (Lipinski definition) is 2. The van der Waals surface area contributed by atoms with Gasteiger partial charge in [-0.3, -0.25) is 4.79 Å². The molecular weight excluding hydrogens is 309 g/mol. The molecule has 1 fully saturated rings. The molecule has 2 atom stereocenters. The highest BCUT2D eigenvalue weighted by atomic mass is 35.5. The third-order valence-electron chi connectivity index (χ3n) is 4.44. The molecule has 0 spiro atoms. The van der Waals surface area contributed by atoms with Crippen molar-refractivity contribution in [2.45, 2.75) is 44.6 Å². The predicted molar refractivity (Wildman–Crippen MR) is 81.3 cm³/mol. The minimum Gasteiger partial charge on any atom is -0.479 e. The maximum atomic E-state index is 13.7. The van der Waals surface area contributed by atoms with Crippen molar-refractivity contribution in [3.8, 4) is 0 Å². The van der Waals surface area contributed by atoms with E-state index >= 15 is 0 Å². The highest BCUT2D eigenvalue weighted by Crippen LogP contribution is 2.34. The Morgan fingerprint density at radius 2 is 2.18 bits per heavy atom. The first kappa shape index (κ1) is 16.7. The minimum absolute atomic E-state index is 0.0886. The average Bonchev–Trinajstić information content (AvgIpc) is 2.45. The highest BCUT2D eigenvalue weighted by molar-refractivity contribution is 6.31. The quantitative estimate of drug-likeness (QED) is 0.892. The average molecular weight is 328 g/mol. The molecule has 1 aromatic rings. The molecule has 4 nitrogen and oxygen atoms in total. The lowest BCUT2D eigenvalue weighted by atomic mass is 9.73. The van der Waals surface area contributed by atoms with Crippen molar-refractivity contribution in [1.29, 1.82) is 0 Å². The third kappa shape index (κ3) is 3.24. The lowest BCUT2D eigenvalue weighted by Crippen LogP contribution is -2.60. The normalized spacial score (nSPS) is 24.8. The summed E-state index contributed by atoms with van der Waals surface area (Å²) in [7, 11) is 0. The van der Waals surface area contributed by atoms with Gasteiger partial charge in [-0.25, -0.2) is 9.18 Å². The lowest BCUT2D eigenvalue weighted by molar-refractivity contribution is -0.151. The molecule has 0 radical (unpaired) electrons. The molecule has 1 aliphatic rings. The van der Waals surface area contributed by atoms with Crippen molar-refractivity contribution in [3.63, 3.8) is 0 Å². The van der Waals surface area contributed by atoms with E-state index in [0.29, 0.717) is 6.42 Å². The molecule has 0 aliphatic heterocycles. The fourth-order valence-corrected chi connectivity index (χ4v) is 3.29. The molecular formula is C16H19ClFNO3. The van der Waals surface area contributed by atoms with Gasteiger partial charge in [0.15, 0.2) is 0 Å². The molecule has 1 aromatic carbocycles. The lowest BCUT2D eigenvalue weighted by Gasteiger charge is -2.39. The fraction of sp³-hybridized carbons (Fsp3) is 0.500. The molecule has 2 unspecified atom stereocenters. The van der Waals surface area contributed by atoms with Crippen molar-refractivity contribution < 1.29 is 19.1 Å². The first-order valence-corrected chi connectivity index (χ1v) is 7.72. The number of carboxylic acids is 1. The van der Waals surface area contributed by atoms with Gasteiger partial charge in [0.1, 0.15) is 11.4 Å². The molecule has 1 amide bonds. The number of nitrogens with one attached hydrogen (secondary N) is 1. The van der Waals surface area contributed by atoms with Crippen LogP contribution in [-0.4, -0.2) is 22.5 Å². The van der Waals surface area contributed by atoms with Crippen molar-refractivity contribution in [2.24, 2.45) is 5.92 Å². The molecule has 2 rings (SSSR count). The van der Waals surface area contributed by atoms with Crippen molar-refractivity contribution in [2.75, 3.05) is 0 Å². The second kappa shape index (κ2) is 6.65. The van der Waals surface area contributed by atoms with Crippen LogP contribution in [0.25, 0.3) is 0 Å². The van der Waals surface area contributed by atoms with Crippen molar-refractivity contribution >= 4 is 23.5 Å². The van der Waals surface area contributed by atoms with E-state index in [1.807, 2.05) is 6.92 Å². The largest absolute Gasteiger partial charge is 0.479 e. The Hall–Kier alpha value is -1.62. The number of aliphatic carboxylic acids is 1. The minimum atomic E-state index is -1.27. The first-order valence-electron chi connectivity index (χ1n) is 7.34. The van der Waals surface area contributed by atoms with Gasteiger partial charge >= 0.3 is 5.97 Å². The summed E-state index contributed by atoms with van der Waals surface area (Å²) in [6.07, 6.45) is 2.56. The highest BCUT2D eigenvalue weighted by Gasteiger charge is 2.46. The van der Waals surface area contributed by atoms with E-state index in [1.54, 1.807) is 0 Å². The number of rotatable bonds is 4. The fourth-order valence-electron chi connectivity index (χ4n) is 3.06. The summed E-state index contributed by atoms with van der Waals surface area (Å²) in [5, 5.41) is 12.4. The van der Waals surface area contributed by atoms with E-state index in [9.17, 15) is 19.1 Å². The zero-order chi connectivity index (χ0) is 16.3. The van der Waals surface area contributed by atoms with Crippen LogP contribution < -0.4 is 5.32 Å². The van der Waals surface area contributed by atoms with Gasteiger partial charge in [0.2, 0.25) is 5.91 Å². The maximum Gasteiger partial charge on any atom is 0.329 e. The van der Waals surface area contributed by atoms with Crippen molar-refractivity contribution in [3.05, 3.63) is 34.6 Å². The van der Waals surface area contributed by atoms with Crippen LogP contribution in [0.1, 0.15) is 38.2 Å². The van der Waals surface area contributed by atoms with Gasteiger partial charge in [0.05, 0.1) is 6.42 Å². The molecule has 0 saturated heterocycles. The van der Waals surface area contributed by atoms with Gasteiger partial charge in [-0.1, -0.05) is 37.4 Å². The van der Waals surface area contributed by atoms with Crippen molar-refractivity contribution in [1.82, 2.24) is 5.32 Å². The van der Waals surface area contributed by atoms with E-state index in [1.165, 1.54) is 18.2 Å². The van der Waals surface area contributed by atoms with Gasteiger partial charge < -0.3 is 10.4 Å². The van der Waals surface area contributed by atoms with Gasteiger partial charge in [0, 0.05) is 10.6 Å². The summed E-state index contributed by atoms with van der Waals surface area (Å²) in [6, 6.07) is 4.19. The van der Waals surface area contributed by atoms with Gasteiger partial charge in [-0.15, -0.1) is 0 Å². The number of benzene rings is 1. The number of carboxylic acid groups (broad SMARTS) is 1. The van der Waals surface area contributed by atoms with Crippen LogP contribution in [0.15, 0.2) is 18.2 Å². The van der Waals surface area contributed by atoms with Gasteiger partial charge in [0.25, 0.3) is 0 Å². The third-order valence-corrected chi connectivity index (χ3v) is 4.80. The molecule has 0 bridgehead atoms. The Balaban J connectivity index is 2.17. The maximum absolute atomic E-state index is 13.7. The van der Waals surface area contributed by atoms with Crippen LogP contribution in [0.4, 0.5) is 4.39 Å². The summed E-state index contributed by atoms with van der Waals surface area (Å²) < 4.78 is 13.7. The van der Waals surface area contributed by atoms with Gasteiger partial charge in [-0.2, -0.15) is 0 Å². The second-order valence-corrected chi connectivity index (χ2v) is 6.26. The van der Waals surface area contributed by atoms with E-state index in [2.05, 4.69) is 5.32 Å². The molecule has 1 aliphatic carbocycles. The Kier molecular flexibility index (Phi) is 5.06. The summed E-state index contributed by atoms with van der Waals surface area (Å²) in [4.78, 5) is 23.9. The second-order valence-electron chi connectivity index (χ2n) is 5.85. The molecule has 2 N–H and O–H groups in total. The Bertz CT molecular complexity index is 573. The SMILES string of the molecule is CC1CCCCC1(NC(=O)Cc1c(F)cccc1Cl)C(=O)O. The summed E-state index contributed by atoms with van der Waals surface area (Å²) in [6.45, 7) is 1.82. The molecule has 0 heterocycles. The number of hydrogen-bond donors (Lipinski definition) is 2. The Morgan fingerprint density at radius 3 is 2.77 bits per heavy atom. The monoisotopic (exact) mass is 327 g/mol. The number of carbonyl (C=O) groups excluding carboxylic acids is 1. The zero-order valence-corrected chi connectivity index (χ0v) is 13.1. The van der Waals surface area contributed by atoms with Crippen LogP contribution in [0.5, 0.6) is 0 Å². The van der Waals surface area contributed by atoms with Crippen LogP contribution in [0.3, 0.4) is 0 Å². The smallest absolute Gasteiger partial charge is 0.329 e. The van der Waals surface area contributed by atoms with Crippen LogP contribution in [0.2, 0.25) is 5.02 Å². The summed E-state index contributed by atoms with van der Waals surface area (Å²) in [5.41, 5.74) is -1.18. The van der Waals surface area contributed by atoms with E-state index < -0.39 is 23.2 Å². The van der Waals surface area contributed by atoms with Gasteiger partial charge in [-0.05, 0) is 30.9 Å². The predicted octanol–water partition coefficient (Wildman–Crippen LogP) is 3.17. The Labute approximate surface area is 133 Å². The number of amides is 1. The van der Waals surface area contributed by atoms with E-state index in [0.717, 1.165) is 19.3 Å². The molecule has 120 valence electrons. The first-order chi connectivity index (χ1) is 10.4. The van der Waals surface area contributed by atoms with Crippen LogP contribution in [0, 0.1) is 11.7 Å². The van der Waals surface area contributed by atoms with E-state index in [-0.39, 0.29) is 22.9 Å².